The number of hydrogen-bond donors (Lipinski definition) is 2. The predicted molar refractivity (Wildman–Crippen MR) is 83.1 cm³/mol. The average molecular weight is 335 g/mol. The van der Waals surface area contributed by atoms with Gasteiger partial charge in [-0.2, -0.15) is 13.2 Å². The Morgan fingerprint density at radius 1 is 1.21 bits per heavy atom. The molecule has 0 aromatic heterocycles. The van der Waals surface area contributed by atoms with E-state index in [-0.39, 0.29) is 0 Å². The average Bonchev–Trinajstić information content (AvgIpc) is 2.55. The first kappa shape index (κ1) is 16.5. The van der Waals surface area contributed by atoms with Gasteiger partial charge in [0.25, 0.3) is 5.91 Å². The third kappa shape index (κ3) is 3.29. The van der Waals surface area contributed by atoms with Crippen molar-refractivity contribution >= 4 is 24.2 Å². The molecule has 0 spiro atoms. The number of carbonyl (C=O) groups excluding carboxylic acids is 1. The molecule has 1 aliphatic heterocycles. The first-order valence-corrected chi connectivity index (χ1v) is 7.26. The second kappa shape index (κ2) is 6.29. The van der Waals surface area contributed by atoms with Crippen molar-refractivity contribution in [3.05, 3.63) is 59.2 Å². The molecule has 0 fully saturated rings. The number of alkyl halides is 3. The van der Waals surface area contributed by atoms with E-state index in [1.54, 1.807) is 12.1 Å². The Hall–Kier alpha value is -2.32. The van der Waals surface area contributed by atoms with Gasteiger partial charge in [0.1, 0.15) is 0 Å². The summed E-state index contributed by atoms with van der Waals surface area (Å²) in [6.45, 7) is 0.388. The van der Waals surface area contributed by atoms with Gasteiger partial charge in [0.2, 0.25) is 0 Å². The van der Waals surface area contributed by atoms with Crippen LogP contribution in [-0.4, -0.2) is 24.7 Å². The maximum Gasteiger partial charge on any atom is 0.491 e. The van der Waals surface area contributed by atoms with Crippen LogP contribution in [0.25, 0.3) is 0 Å². The molecule has 0 saturated heterocycles. The summed E-state index contributed by atoms with van der Waals surface area (Å²) in [6, 6.07) is 9.39. The van der Waals surface area contributed by atoms with Crippen molar-refractivity contribution in [1.82, 2.24) is 0 Å². The molecule has 2 aromatic carbocycles. The van der Waals surface area contributed by atoms with Crippen LogP contribution in [0.1, 0.15) is 21.5 Å². The molecule has 0 saturated carbocycles. The lowest BCUT2D eigenvalue weighted by molar-refractivity contribution is -0.137. The molecule has 2 aromatic rings. The van der Waals surface area contributed by atoms with Crippen LogP contribution >= 0.6 is 0 Å². The number of amides is 1. The Kier molecular flexibility index (Phi) is 4.34. The topological polar surface area (TPSA) is 58.6 Å². The molecule has 8 heteroatoms. The van der Waals surface area contributed by atoms with E-state index >= 15 is 0 Å². The van der Waals surface area contributed by atoms with Gasteiger partial charge in [0, 0.05) is 12.3 Å². The van der Waals surface area contributed by atoms with Crippen LogP contribution in [0, 0.1) is 0 Å². The zero-order valence-corrected chi connectivity index (χ0v) is 12.4. The lowest BCUT2D eigenvalue weighted by Gasteiger charge is -2.20. The summed E-state index contributed by atoms with van der Waals surface area (Å²) in [4.78, 5) is 12.2. The Balaban J connectivity index is 1.88. The highest BCUT2D eigenvalue weighted by Crippen LogP contribution is 2.32. The Morgan fingerprint density at radius 2 is 1.96 bits per heavy atom. The molecule has 0 atom stereocenters. The molecule has 124 valence electrons. The second-order valence-electron chi connectivity index (χ2n) is 5.38. The SMILES string of the molecule is O=C(Nc1ccc2c(c1)B(O)OCC2)c1ccccc1C(F)(F)F. The summed E-state index contributed by atoms with van der Waals surface area (Å²) in [5, 5.41) is 12.2. The molecule has 3 rings (SSSR count). The van der Waals surface area contributed by atoms with Crippen molar-refractivity contribution < 1.29 is 27.6 Å². The first-order chi connectivity index (χ1) is 11.4. The quantitative estimate of drug-likeness (QED) is 0.828. The van der Waals surface area contributed by atoms with Crippen molar-refractivity contribution in [2.75, 3.05) is 11.9 Å². The third-order valence-corrected chi connectivity index (χ3v) is 3.79. The minimum absolute atomic E-state index is 0.292. The standard InChI is InChI=1S/C16H13BF3NO3/c18-16(19,20)13-4-2-1-3-12(13)15(22)21-11-6-5-10-7-8-24-17(23)14(10)9-11/h1-6,9,23H,7-8H2,(H,21,22). The zero-order chi connectivity index (χ0) is 17.3. The molecule has 1 amide bonds. The molecule has 0 radical (unpaired) electrons. The summed E-state index contributed by atoms with van der Waals surface area (Å²) in [6.07, 6.45) is -3.99. The third-order valence-electron chi connectivity index (χ3n) is 3.79. The van der Waals surface area contributed by atoms with Gasteiger partial charge in [-0.1, -0.05) is 18.2 Å². The largest absolute Gasteiger partial charge is 0.491 e. The van der Waals surface area contributed by atoms with Gasteiger partial charge in [0.15, 0.2) is 0 Å². The van der Waals surface area contributed by atoms with Crippen molar-refractivity contribution in [3.8, 4) is 0 Å². The molecule has 0 bridgehead atoms. The number of halogens is 3. The number of rotatable bonds is 2. The van der Waals surface area contributed by atoms with E-state index in [0.717, 1.165) is 17.7 Å². The molecule has 4 nitrogen and oxygen atoms in total. The van der Waals surface area contributed by atoms with Crippen LogP contribution in [0.3, 0.4) is 0 Å². The highest BCUT2D eigenvalue weighted by Gasteiger charge is 2.35. The van der Waals surface area contributed by atoms with E-state index in [9.17, 15) is 23.0 Å². The number of fused-ring (bicyclic) bond motifs is 1. The number of hydrogen-bond acceptors (Lipinski definition) is 3. The Morgan fingerprint density at radius 3 is 2.71 bits per heavy atom. The maximum atomic E-state index is 13.0. The van der Waals surface area contributed by atoms with Gasteiger partial charge in [-0.05, 0) is 41.7 Å². The summed E-state index contributed by atoms with van der Waals surface area (Å²) in [7, 11) is -1.10. The van der Waals surface area contributed by atoms with Gasteiger partial charge in [-0.15, -0.1) is 0 Å². The highest BCUT2D eigenvalue weighted by molar-refractivity contribution is 6.61. The Bertz CT molecular complexity index is 779. The Labute approximate surface area is 136 Å². The molecule has 0 aliphatic carbocycles. The van der Waals surface area contributed by atoms with E-state index in [1.807, 2.05) is 0 Å². The normalized spacial score (nSPS) is 14.2. The summed E-state index contributed by atoms with van der Waals surface area (Å²) >= 11 is 0. The van der Waals surface area contributed by atoms with E-state index in [2.05, 4.69) is 5.32 Å². The van der Waals surface area contributed by atoms with Crippen molar-refractivity contribution in [3.63, 3.8) is 0 Å². The fourth-order valence-electron chi connectivity index (χ4n) is 2.63. The number of carbonyl (C=O) groups is 1. The fourth-order valence-corrected chi connectivity index (χ4v) is 2.63. The van der Waals surface area contributed by atoms with E-state index in [1.165, 1.54) is 18.2 Å². The van der Waals surface area contributed by atoms with E-state index in [4.69, 9.17) is 4.65 Å². The minimum Gasteiger partial charge on any atom is -0.423 e. The van der Waals surface area contributed by atoms with Crippen molar-refractivity contribution in [2.45, 2.75) is 12.6 Å². The number of nitrogens with one attached hydrogen (secondary N) is 1. The molecule has 24 heavy (non-hydrogen) atoms. The van der Waals surface area contributed by atoms with Crippen LogP contribution in [-0.2, 0) is 17.3 Å². The molecule has 1 aliphatic rings. The smallest absolute Gasteiger partial charge is 0.423 e. The van der Waals surface area contributed by atoms with Gasteiger partial charge < -0.3 is 15.0 Å². The van der Waals surface area contributed by atoms with Gasteiger partial charge >= 0.3 is 13.3 Å². The van der Waals surface area contributed by atoms with Gasteiger partial charge in [-0.25, -0.2) is 0 Å². The molecule has 2 N–H and O–H groups in total. The highest BCUT2D eigenvalue weighted by atomic mass is 19.4. The van der Waals surface area contributed by atoms with Gasteiger partial charge in [0.05, 0.1) is 11.1 Å². The monoisotopic (exact) mass is 335 g/mol. The summed E-state index contributed by atoms with van der Waals surface area (Å²) in [5.74, 6) is -0.867. The second-order valence-corrected chi connectivity index (χ2v) is 5.38. The molecular formula is C16H13BF3NO3. The van der Waals surface area contributed by atoms with Crippen LogP contribution < -0.4 is 10.8 Å². The summed E-state index contributed by atoms with van der Waals surface area (Å²) in [5.41, 5.74) is 0.217. The maximum absolute atomic E-state index is 13.0. The van der Waals surface area contributed by atoms with E-state index in [0.29, 0.717) is 24.2 Å². The van der Waals surface area contributed by atoms with Crippen LogP contribution in [0.15, 0.2) is 42.5 Å². The minimum atomic E-state index is -4.62. The number of benzene rings is 2. The van der Waals surface area contributed by atoms with E-state index < -0.39 is 30.3 Å². The number of anilines is 1. The fraction of sp³-hybridized carbons (Fsp3) is 0.188. The molecular weight excluding hydrogens is 322 g/mol. The first-order valence-electron chi connectivity index (χ1n) is 7.26. The van der Waals surface area contributed by atoms with Crippen LogP contribution in [0.5, 0.6) is 0 Å². The lowest BCUT2D eigenvalue weighted by Crippen LogP contribution is -2.41. The van der Waals surface area contributed by atoms with Crippen molar-refractivity contribution in [2.24, 2.45) is 0 Å². The predicted octanol–water partition coefficient (Wildman–Crippen LogP) is 2.22. The van der Waals surface area contributed by atoms with Crippen molar-refractivity contribution in [1.29, 1.82) is 0 Å². The van der Waals surface area contributed by atoms with Gasteiger partial charge in [-0.3, -0.25) is 4.79 Å². The lowest BCUT2D eigenvalue weighted by atomic mass is 9.73. The summed E-state index contributed by atoms with van der Waals surface area (Å²) < 4.78 is 44.1. The van der Waals surface area contributed by atoms with Crippen LogP contribution in [0.2, 0.25) is 0 Å². The van der Waals surface area contributed by atoms with Crippen LogP contribution in [0.4, 0.5) is 18.9 Å². The zero-order valence-electron chi connectivity index (χ0n) is 12.4. The molecule has 1 heterocycles. The molecule has 0 unspecified atom stereocenters.